The summed E-state index contributed by atoms with van der Waals surface area (Å²) in [4.78, 5) is 23.8. The zero-order chi connectivity index (χ0) is 14.6. The Morgan fingerprint density at radius 1 is 1.26 bits per heavy atom. The van der Waals surface area contributed by atoms with Gasteiger partial charge in [-0.25, -0.2) is 9.18 Å². The van der Waals surface area contributed by atoms with Crippen LogP contribution in [0.5, 0.6) is 5.75 Å². The summed E-state index contributed by atoms with van der Waals surface area (Å²) >= 11 is 0. The Kier molecular flexibility index (Phi) is 4.86. The highest BCUT2D eigenvalue weighted by Crippen LogP contribution is 2.14. The quantitative estimate of drug-likeness (QED) is 0.880. The molecule has 0 aliphatic heterocycles. The third-order valence-electron chi connectivity index (χ3n) is 2.76. The van der Waals surface area contributed by atoms with Crippen molar-refractivity contribution in [2.24, 2.45) is 0 Å². The molecule has 1 amide bonds. The molecule has 0 saturated heterocycles. The van der Waals surface area contributed by atoms with E-state index in [2.05, 4.69) is 0 Å². The molecule has 0 spiro atoms. The molecule has 0 bridgehead atoms. The van der Waals surface area contributed by atoms with Gasteiger partial charge in [0.15, 0.2) is 6.10 Å². The topological polar surface area (TPSA) is 66.8 Å². The van der Waals surface area contributed by atoms with Crippen molar-refractivity contribution < 1.29 is 23.8 Å². The van der Waals surface area contributed by atoms with Crippen molar-refractivity contribution in [3.05, 3.63) is 30.1 Å². The first-order valence-corrected chi connectivity index (χ1v) is 5.74. The van der Waals surface area contributed by atoms with Crippen molar-refractivity contribution >= 4 is 11.9 Å². The van der Waals surface area contributed by atoms with Crippen molar-refractivity contribution in [2.45, 2.75) is 26.0 Å². The molecule has 1 aromatic rings. The number of nitrogens with zero attached hydrogens (tertiary/aromatic N) is 1. The summed E-state index contributed by atoms with van der Waals surface area (Å²) in [7, 11) is 1.39. The molecule has 0 fully saturated rings. The second-order valence-corrected chi connectivity index (χ2v) is 4.18. The maximum absolute atomic E-state index is 12.7. The molecule has 2 atom stereocenters. The number of hydrogen-bond acceptors (Lipinski definition) is 3. The number of halogens is 1. The average molecular weight is 269 g/mol. The molecule has 1 rings (SSSR count). The largest absolute Gasteiger partial charge is 0.481 e. The van der Waals surface area contributed by atoms with Crippen LogP contribution in [-0.2, 0) is 9.59 Å². The zero-order valence-corrected chi connectivity index (χ0v) is 11.0. The van der Waals surface area contributed by atoms with Crippen LogP contribution in [0.15, 0.2) is 24.3 Å². The highest BCUT2D eigenvalue weighted by Gasteiger charge is 2.26. The van der Waals surface area contributed by atoms with Gasteiger partial charge in [0.2, 0.25) is 0 Å². The van der Waals surface area contributed by atoms with Crippen LogP contribution >= 0.6 is 0 Å². The van der Waals surface area contributed by atoms with Gasteiger partial charge in [0, 0.05) is 7.05 Å². The number of amides is 1. The maximum atomic E-state index is 12.7. The number of aliphatic carboxylic acids is 1. The number of rotatable bonds is 5. The van der Waals surface area contributed by atoms with Crippen molar-refractivity contribution in [1.29, 1.82) is 0 Å². The summed E-state index contributed by atoms with van der Waals surface area (Å²) in [5, 5.41) is 8.83. The zero-order valence-electron chi connectivity index (χ0n) is 11.0. The van der Waals surface area contributed by atoms with Gasteiger partial charge in [-0.2, -0.15) is 0 Å². The summed E-state index contributed by atoms with van der Waals surface area (Å²) in [6.45, 7) is 2.92. The fourth-order valence-corrected chi connectivity index (χ4v) is 1.41. The van der Waals surface area contributed by atoms with E-state index < -0.39 is 29.8 Å². The number of hydrogen-bond donors (Lipinski definition) is 1. The van der Waals surface area contributed by atoms with E-state index in [1.807, 2.05) is 0 Å². The lowest BCUT2D eigenvalue weighted by atomic mass is 10.2. The van der Waals surface area contributed by atoms with Gasteiger partial charge in [0.25, 0.3) is 5.91 Å². The fraction of sp³-hybridized carbons (Fsp3) is 0.385. The Morgan fingerprint density at radius 2 is 1.79 bits per heavy atom. The molecule has 5 nitrogen and oxygen atoms in total. The van der Waals surface area contributed by atoms with E-state index in [1.54, 1.807) is 0 Å². The number of likely N-dealkylation sites (N-methyl/N-ethyl adjacent to an activating group) is 1. The molecule has 0 radical (unpaired) electrons. The number of ether oxygens (including phenoxy) is 1. The molecule has 19 heavy (non-hydrogen) atoms. The third kappa shape index (κ3) is 3.94. The monoisotopic (exact) mass is 269 g/mol. The van der Waals surface area contributed by atoms with Crippen molar-refractivity contribution in [3.63, 3.8) is 0 Å². The van der Waals surface area contributed by atoms with Crippen LogP contribution < -0.4 is 4.74 Å². The minimum Gasteiger partial charge on any atom is -0.481 e. The lowest BCUT2D eigenvalue weighted by molar-refractivity contribution is -0.150. The van der Waals surface area contributed by atoms with E-state index in [9.17, 15) is 14.0 Å². The molecule has 0 heterocycles. The number of benzene rings is 1. The minimum absolute atomic E-state index is 0.346. The van der Waals surface area contributed by atoms with Crippen LogP contribution in [0.4, 0.5) is 4.39 Å². The molecule has 0 saturated carbocycles. The normalized spacial score (nSPS) is 13.5. The van der Waals surface area contributed by atoms with Gasteiger partial charge in [-0.15, -0.1) is 0 Å². The van der Waals surface area contributed by atoms with Gasteiger partial charge in [-0.3, -0.25) is 4.79 Å². The van der Waals surface area contributed by atoms with Crippen LogP contribution in [0.3, 0.4) is 0 Å². The number of carboxylic acids is 1. The first-order valence-electron chi connectivity index (χ1n) is 5.74. The third-order valence-corrected chi connectivity index (χ3v) is 2.76. The summed E-state index contributed by atoms with van der Waals surface area (Å²) < 4.78 is 18.0. The Hall–Kier alpha value is -2.11. The molecule has 0 aromatic heterocycles. The van der Waals surface area contributed by atoms with Crippen LogP contribution in [0, 0.1) is 5.82 Å². The highest BCUT2D eigenvalue weighted by molar-refractivity contribution is 5.85. The van der Waals surface area contributed by atoms with Crippen LogP contribution in [0.2, 0.25) is 0 Å². The van der Waals surface area contributed by atoms with E-state index >= 15 is 0 Å². The molecule has 0 aliphatic carbocycles. The van der Waals surface area contributed by atoms with Crippen molar-refractivity contribution in [1.82, 2.24) is 4.90 Å². The smallest absolute Gasteiger partial charge is 0.326 e. The fourth-order valence-electron chi connectivity index (χ4n) is 1.41. The van der Waals surface area contributed by atoms with Gasteiger partial charge < -0.3 is 14.7 Å². The molecule has 6 heteroatoms. The summed E-state index contributed by atoms with van der Waals surface area (Å²) in [6.07, 6.45) is -0.850. The highest BCUT2D eigenvalue weighted by atomic mass is 19.1. The molecule has 0 unspecified atom stereocenters. The molecular weight excluding hydrogens is 253 g/mol. The minimum atomic E-state index is -1.09. The van der Waals surface area contributed by atoms with Gasteiger partial charge in [0.05, 0.1) is 0 Å². The first kappa shape index (κ1) is 14.9. The molecular formula is C13H16FNO4. The number of carbonyl (C=O) groups excluding carboxylic acids is 1. The lowest BCUT2D eigenvalue weighted by Gasteiger charge is -2.25. The second kappa shape index (κ2) is 6.17. The van der Waals surface area contributed by atoms with Gasteiger partial charge in [-0.05, 0) is 38.1 Å². The predicted molar refractivity (Wildman–Crippen MR) is 66.4 cm³/mol. The Morgan fingerprint density at radius 3 is 2.26 bits per heavy atom. The summed E-state index contributed by atoms with van der Waals surface area (Å²) in [5.74, 6) is -1.61. The van der Waals surface area contributed by atoms with Gasteiger partial charge >= 0.3 is 5.97 Å². The maximum Gasteiger partial charge on any atom is 0.326 e. The van der Waals surface area contributed by atoms with E-state index in [0.29, 0.717) is 5.75 Å². The SMILES string of the molecule is C[C@@H](Oc1ccc(F)cc1)C(=O)N(C)[C@@H](C)C(=O)O. The Bertz CT molecular complexity index is 460. The summed E-state index contributed by atoms with van der Waals surface area (Å²) in [6, 6.07) is 4.30. The van der Waals surface area contributed by atoms with Crippen molar-refractivity contribution in [2.75, 3.05) is 7.05 Å². The summed E-state index contributed by atoms with van der Waals surface area (Å²) in [5.41, 5.74) is 0. The van der Waals surface area contributed by atoms with E-state index in [0.717, 1.165) is 4.90 Å². The van der Waals surface area contributed by atoms with Crippen molar-refractivity contribution in [3.8, 4) is 5.75 Å². The lowest BCUT2D eigenvalue weighted by Crippen LogP contribution is -2.46. The van der Waals surface area contributed by atoms with Crippen LogP contribution in [0.25, 0.3) is 0 Å². The Labute approximate surface area is 110 Å². The predicted octanol–water partition coefficient (Wildman–Crippen LogP) is 1.52. The number of carboxylic acid groups (broad SMARTS) is 1. The first-order chi connectivity index (χ1) is 8.82. The molecule has 1 N–H and O–H groups in total. The molecule has 104 valence electrons. The van der Waals surface area contributed by atoms with Crippen LogP contribution in [0.1, 0.15) is 13.8 Å². The molecule has 1 aromatic carbocycles. The Balaban J connectivity index is 2.67. The van der Waals surface area contributed by atoms with E-state index in [4.69, 9.17) is 9.84 Å². The van der Waals surface area contributed by atoms with Gasteiger partial charge in [-0.1, -0.05) is 0 Å². The van der Waals surface area contributed by atoms with Crippen LogP contribution in [-0.4, -0.2) is 41.1 Å². The number of carbonyl (C=O) groups is 2. The molecule has 0 aliphatic rings. The standard InChI is InChI=1S/C13H16FNO4/c1-8(13(17)18)15(3)12(16)9(2)19-11-6-4-10(14)5-7-11/h4-9H,1-3H3,(H,17,18)/t8-,9+/m0/s1. The van der Waals surface area contributed by atoms with E-state index in [1.165, 1.54) is 45.2 Å². The average Bonchev–Trinajstić information content (AvgIpc) is 2.38. The van der Waals surface area contributed by atoms with Gasteiger partial charge in [0.1, 0.15) is 17.6 Å². The second-order valence-electron chi connectivity index (χ2n) is 4.18. The van der Waals surface area contributed by atoms with E-state index in [-0.39, 0.29) is 0 Å².